The zero-order valence-electron chi connectivity index (χ0n) is 16.2. The number of aromatic amines is 1. The minimum Gasteiger partial charge on any atom is -0.338 e. The lowest BCUT2D eigenvalue weighted by molar-refractivity contribution is -0.129. The van der Waals surface area contributed by atoms with Gasteiger partial charge in [-0.3, -0.25) is 14.4 Å². The first-order chi connectivity index (χ1) is 13.4. The Labute approximate surface area is 163 Å². The summed E-state index contributed by atoms with van der Waals surface area (Å²) in [4.78, 5) is 48.1. The van der Waals surface area contributed by atoms with Crippen LogP contribution in [0.2, 0.25) is 0 Å². The van der Waals surface area contributed by atoms with Crippen molar-refractivity contribution in [2.45, 2.75) is 39.2 Å². The number of aromatic nitrogens is 2. The summed E-state index contributed by atoms with van der Waals surface area (Å²) < 4.78 is 0. The fourth-order valence-corrected chi connectivity index (χ4v) is 3.97. The van der Waals surface area contributed by atoms with Gasteiger partial charge in [-0.15, -0.1) is 0 Å². The zero-order valence-corrected chi connectivity index (χ0v) is 16.2. The van der Waals surface area contributed by atoms with Gasteiger partial charge in [0, 0.05) is 43.6 Å². The predicted molar refractivity (Wildman–Crippen MR) is 104 cm³/mol. The fourth-order valence-electron chi connectivity index (χ4n) is 3.97. The molecule has 1 N–H and O–H groups in total. The first kappa shape index (κ1) is 18.4. The minimum atomic E-state index is -0.119. The second kappa shape index (κ2) is 7.22. The molecule has 1 aromatic heterocycles. The van der Waals surface area contributed by atoms with Gasteiger partial charge in [0.05, 0.1) is 12.2 Å². The average molecular weight is 380 g/mol. The normalized spacial score (nSPS) is 18.9. The molecule has 146 valence electrons. The molecule has 3 heterocycles. The van der Waals surface area contributed by atoms with Gasteiger partial charge < -0.3 is 14.8 Å². The molecule has 1 unspecified atom stereocenters. The van der Waals surface area contributed by atoms with Crippen LogP contribution < -0.4 is 5.56 Å². The molecule has 0 radical (unpaired) electrons. The maximum Gasteiger partial charge on any atom is 0.254 e. The number of hydrogen-bond donors (Lipinski definition) is 1. The Kier molecular flexibility index (Phi) is 4.75. The number of H-pyrrole nitrogens is 1. The summed E-state index contributed by atoms with van der Waals surface area (Å²) in [6, 6.07) is 7.56. The second-order valence-corrected chi connectivity index (χ2v) is 7.67. The molecule has 4 rings (SSSR count). The SMILES string of the molecule is CC(=O)N1CCc2c(nc(C3CCN(C(=O)c4ccc(C)cc4)C3)[nH]c2=O)C1. The first-order valence-electron chi connectivity index (χ1n) is 9.66. The highest BCUT2D eigenvalue weighted by molar-refractivity contribution is 5.94. The molecule has 0 saturated carbocycles. The lowest BCUT2D eigenvalue weighted by Gasteiger charge is -2.27. The van der Waals surface area contributed by atoms with Crippen LogP contribution in [0.3, 0.4) is 0 Å². The summed E-state index contributed by atoms with van der Waals surface area (Å²) in [5.74, 6) is 0.615. The third-order valence-electron chi connectivity index (χ3n) is 5.70. The molecule has 1 atom stereocenters. The van der Waals surface area contributed by atoms with Crippen LogP contribution in [-0.4, -0.2) is 51.2 Å². The van der Waals surface area contributed by atoms with Crippen molar-refractivity contribution in [3.63, 3.8) is 0 Å². The maximum absolute atomic E-state index is 12.7. The van der Waals surface area contributed by atoms with Crippen LogP contribution in [0, 0.1) is 6.92 Å². The highest BCUT2D eigenvalue weighted by Crippen LogP contribution is 2.26. The van der Waals surface area contributed by atoms with Gasteiger partial charge in [0.25, 0.3) is 11.5 Å². The van der Waals surface area contributed by atoms with Crippen molar-refractivity contribution >= 4 is 11.8 Å². The van der Waals surface area contributed by atoms with Crippen LogP contribution >= 0.6 is 0 Å². The minimum absolute atomic E-state index is 0.0000953. The number of carbonyl (C=O) groups excluding carboxylic acids is 2. The molecule has 7 nitrogen and oxygen atoms in total. The van der Waals surface area contributed by atoms with E-state index in [0.717, 1.165) is 12.0 Å². The largest absolute Gasteiger partial charge is 0.338 e. The molecule has 1 aromatic carbocycles. The molecule has 1 fully saturated rings. The smallest absolute Gasteiger partial charge is 0.254 e. The molecule has 0 bridgehead atoms. The van der Waals surface area contributed by atoms with Crippen LogP contribution in [-0.2, 0) is 17.8 Å². The average Bonchev–Trinajstić information content (AvgIpc) is 3.17. The number of amides is 2. The number of likely N-dealkylation sites (tertiary alicyclic amines) is 1. The van der Waals surface area contributed by atoms with E-state index in [2.05, 4.69) is 9.97 Å². The standard InChI is InChI=1S/C21H24N4O3/c1-13-3-5-15(6-4-13)21(28)25-9-7-16(11-25)19-22-18-12-24(14(2)26)10-8-17(18)20(27)23-19/h3-6,16H,7-12H2,1-2H3,(H,22,23,27). The number of nitrogens with one attached hydrogen (secondary N) is 1. The molecule has 7 heteroatoms. The van der Waals surface area contributed by atoms with Crippen LogP contribution in [0.1, 0.15) is 52.3 Å². The Morgan fingerprint density at radius 1 is 1.14 bits per heavy atom. The summed E-state index contributed by atoms with van der Waals surface area (Å²) in [5.41, 5.74) is 3.03. The van der Waals surface area contributed by atoms with Crippen molar-refractivity contribution in [1.82, 2.24) is 19.8 Å². The van der Waals surface area contributed by atoms with E-state index in [9.17, 15) is 14.4 Å². The third kappa shape index (κ3) is 3.44. The van der Waals surface area contributed by atoms with E-state index < -0.39 is 0 Å². The number of nitrogens with zero attached hydrogens (tertiary/aromatic N) is 3. The van der Waals surface area contributed by atoms with Crippen molar-refractivity contribution in [2.24, 2.45) is 0 Å². The van der Waals surface area contributed by atoms with E-state index in [-0.39, 0.29) is 23.3 Å². The van der Waals surface area contributed by atoms with Crippen molar-refractivity contribution in [3.05, 3.63) is 62.8 Å². The second-order valence-electron chi connectivity index (χ2n) is 7.67. The van der Waals surface area contributed by atoms with Gasteiger partial charge in [0.1, 0.15) is 5.82 Å². The molecule has 1 saturated heterocycles. The van der Waals surface area contributed by atoms with E-state index in [1.807, 2.05) is 36.1 Å². The van der Waals surface area contributed by atoms with Crippen LogP contribution in [0.15, 0.2) is 29.1 Å². The van der Waals surface area contributed by atoms with Crippen molar-refractivity contribution in [1.29, 1.82) is 0 Å². The van der Waals surface area contributed by atoms with Gasteiger partial charge in [-0.1, -0.05) is 17.7 Å². The maximum atomic E-state index is 12.7. The van der Waals surface area contributed by atoms with E-state index in [1.54, 1.807) is 4.90 Å². The third-order valence-corrected chi connectivity index (χ3v) is 5.70. The van der Waals surface area contributed by atoms with Crippen molar-refractivity contribution in [2.75, 3.05) is 19.6 Å². The van der Waals surface area contributed by atoms with Crippen LogP contribution in [0.5, 0.6) is 0 Å². The molecular formula is C21H24N4O3. The van der Waals surface area contributed by atoms with Crippen LogP contribution in [0.4, 0.5) is 0 Å². The highest BCUT2D eigenvalue weighted by atomic mass is 16.2. The molecule has 28 heavy (non-hydrogen) atoms. The van der Waals surface area contributed by atoms with Gasteiger partial charge in [0.15, 0.2) is 0 Å². The zero-order chi connectivity index (χ0) is 19.8. The molecule has 2 aliphatic heterocycles. The van der Waals surface area contributed by atoms with Gasteiger partial charge in [-0.05, 0) is 31.9 Å². The Bertz CT molecular complexity index is 980. The Balaban J connectivity index is 1.53. The molecule has 2 aliphatic rings. The van der Waals surface area contributed by atoms with Gasteiger partial charge in [0.2, 0.25) is 5.91 Å². The number of aryl methyl sites for hydroxylation is 1. The summed E-state index contributed by atoms with van der Waals surface area (Å²) in [5, 5.41) is 0. The Hall–Kier alpha value is -2.96. The first-order valence-corrected chi connectivity index (χ1v) is 9.66. The van der Waals surface area contributed by atoms with E-state index >= 15 is 0 Å². The van der Waals surface area contributed by atoms with Gasteiger partial charge in [-0.25, -0.2) is 4.98 Å². The monoisotopic (exact) mass is 380 g/mol. The summed E-state index contributed by atoms with van der Waals surface area (Å²) in [6.07, 6.45) is 1.29. The lowest BCUT2D eigenvalue weighted by atomic mass is 10.0. The number of carbonyl (C=O) groups is 2. The highest BCUT2D eigenvalue weighted by Gasteiger charge is 2.31. The Morgan fingerprint density at radius 3 is 2.61 bits per heavy atom. The fraction of sp³-hybridized carbons (Fsp3) is 0.429. The van der Waals surface area contributed by atoms with Crippen molar-refractivity contribution < 1.29 is 9.59 Å². The molecule has 0 aliphatic carbocycles. The summed E-state index contributed by atoms with van der Waals surface area (Å²) in [7, 11) is 0. The lowest BCUT2D eigenvalue weighted by Crippen LogP contribution is -2.38. The molecule has 2 aromatic rings. The predicted octanol–water partition coefficient (Wildman–Crippen LogP) is 1.61. The van der Waals surface area contributed by atoms with E-state index in [0.29, 0.717) is 55.2 Å². The molecule has 0 spiro atoms. The number of hydrogen-bond acceptors (Lipinski definition) is 4. The summed E-state index contributed by atoms with van der Waals surface area (Å²) >= 11 is 0. The van der Waals surface area contributed by atoms with E-state index in [1.165, 1.54) is 6.92 Å². The topological polar surface area (TPSA) is 86.4 Å². The Morgan fingerprint density at radius 2 is 1.89 bits per heavy atom. The molecule has 2 amide bonds. The number of fused-ring (bicyclic) bond motifs is 1. The quantitative estimate of drug-likeness (QED) is 0.858. The van der Waals surface area contributed by atoms with Gasteiger partial charge in [-0.2, -0.15) is 0 Å². The van der Waals surface area contributed by atoms with Crippen molar-refractivity contribution in [3.8, 4) is 0 Å². The van der Waals surface area contributed by atoms with Gasteiger partial charge >= 0.3 is 0 Å². The van der Waals surface area contributed by atoms with Crippen LogP contribution in [0.25, 0.3) is 0 Å². The number of benzene rings is 1. The van der Waals surface area contributed by atoms with E-state index in [4.69, 9.17) is 0 Å². The summed E-state index contributed by atoms with van der Waals surface area (Å²) in [6.45, 7) is 5.62. The molecular weight excluding hydrogens is 356 g/mol. The number of rotatable bonds is 2.